The third kappa shape index (κ3) is 5.38. The second-order valence-corrected chi connectivity index (χ2v) is 13.4. The lowest BCUT2D eigenvalue weighted by Gasteiger charge is -2.30. The average molecular weight is 679 g/mol. The van der Waals surface area contributed by atoms with Crippen molar-refractivity contribution >= 4 is 77.6 Å². The number of hydrogen-bond acceptors (Lipinski definition) is 3. The van der Waals surface area contributed by atoms with Crippen LogP contribution in [0.3, 0.4) is 0 Å². The largest absolute Gasteiger partial charge is 0.456 e. The van der Waals surface area contributed by atoms with E-state index < -0.39 is 0 Å². The van der Waals surface area contributed by atoms with E-state index >= 15 is 0 Å². The Hall–Kier alpha value is -7.10. The molecule has 0 atom stereocenters. The van der Waals surface area contributed by atoms with Gasteiger partial charge >= 0.3 is 0 Å². The summed E-state index contributed by atoms with van der Waals surface area (Å²) in [7, 11) is 0. The van der Waals surface area contributed by atoms with Crippen LogP contribution >= 0.6 is 0 Å². The number of rotatable bonds is 7. The molecule has 0 spiro atoms. The van der Waals surface area contributed by atoms with E-state index in [0.717, 1.165) is 61.6 Å². The third-order valence-corrected chi connectivity index (χ3v) is 10.2. The zero-order valence-corrected chi connectivity index (χ0v) is 28.9. The molecule has 1 aromatic heterocycles. The van der Waals surface area contributed by atoms with Gasteiger partial charge in [0.05, 0.1) is 11.1 Å². The quantitative estimate of drug-likeness (QED) is 0.156. The van der Waals surface area contributed by atoms with Crippen molar-refractivity contribution in [3.05, 3.63) is 206 Å². The Balaban J connectivity index is 1.31. The van der Waals surface area contributed by atoms with Crippen molar-refractivity contribution in [2.75, 3.05) is 9.80 Å². The summed E-state index contributed by atoms with van der Waals surface area (Å²) >= 11 is 0. The van der Waals surface area contributed by atoms with E-state index in [0.29, 0.717) is 0 Å². The van der Waals surface area contributed by atoms with Crippen molar-refractivity contribution in [2.45, 2.75) is 0 Å². The summed E-state index contributed by atoms with van der Waals surface area (Å²) in [6.45, 7) is 0. The molecular formula is C50H34N2O. The van der Waals surface area contributed by atoms with E-state index in [2.05, 4.69) is 204 Å². The van der Waals surface area contributed by atoms with Gasteiger partial charge in [0.25, 0.3) is 0 Å². The molecule has 3 heteroatoms. The van der Waals surface area contributed by atoms with Crippen LogP contribution in [0, 0.1) is 0 Å². The number of hydrogen-bond donors (Lipinski definition) is 0. The Kier molecular flexibility index (Phi) is 7.47. The van der Waals surface area contributed by atoms with E-state index in [1.54, 1.807) is 0 Å². The van der Waals surface area contributed by atoms with Crippen LogP contribution in [0.1, 0.15) is 0 Å². The van der Waals surface area contributed by atoms with Crippen molar-refractivity contribution in [1.82, 2.24) is 0 Å². The molecule has 0 aliphatic carbocycles. The molecule has 0 N–H and O–H groups in total. The fourth-order valence-corrected chi connectivity index (χ4v) is 7.85. The molecule has 0 aliphatic heterocycles. The highest BCUT2D eigenvalue weighted by molar-refractivity contribution is 6.15. The van der Waals surface area contributed by atoms with Crippen LogP contribution in [0.25, 0.3) is 54.6 Å². The molecule has 250 valence electrons. The SMILES string of the molecule is c1ccc(N(c2ccccc2)c2cc(-c3cc4ccccc4c4ccccc34)cc(N(c3ccccc3)c3cccc4oc5ccccc5c34)c2)cc1. The highest BCUT2D eigenvalue weighted by Crippen LogP contribution is 2.47. The third-order valence-electron chi connectivity index (χ3n) is 10.2. The summed E-state index contributed by atoms with van der Waals surface area (Å²) in [5.41, 5.74) is 10.4. The fraction of sp³-hybridized carbons (Fsp3) is 0. The lowest BCUT2D eigenvalue weighted by Crippen LogP contribution is -2.14. The molecule has 1 heterocycles. The van der Waals surface area contributed by atoms with Crippen molar-refractivity contribution in [3.63, 3.8) is 0 Å². The van der Waals surface area contributed by atoms with Crippen molar-refractivity contribution in [1.29, 1.82) is 0 Å². The number of anilines is 6. The molecule has 0 unspecified atom stereocenters. The van der Waals surface area contributed by atoms with Crippen LogP contribution < -0.4 is 9.80 Å². The van der Waals surface area contributed by atoms with Gasteiger partial charge < -0.3 is 14.2 Å². The van der Waals surface area contributed by atoms with E-state index in [9.17, 15) is 0 Å². The molecule has 0 radical (unpaired) electrons. The van der Waals surface area contributed by atoms with Crippen LogP contribution in [0.2, 0.25) is 0 Å². The average Bonchev–Trinajstić information content (AvgIpc) is 3.61. The molecule has 0 bridgehead atoms. The van der Waals surface area contributed by atoms with Gasteiger partial charge in [-0.05, 0) is 112 Å². The van der Waals surface area contributed by atoms with E-state index in [4.69, 9.17) is 4.42 Å². The van der Waals surface area contributed by atoms with Crippen LogP contribution in [0.5, 0.6) is 0 Å². The first-order chi connectivity index (χ1) is 26.3. The van der Waals surface area contributed by atoms with Crippen molar-refractivity contribution in [2.24, 2.45) is 0 Å². The first-order valence-electron chi connectivity index (χ1n) is 18.0. The normalized spacial score (nSPS) is 11.4. The Labute approximate surface area is 308 Å². The first kappa shape index (κ1) is 30.7. The first-order valence-corrected chi connectivity index (χ1v) is 18.0. The summed E-state index contributed by atoms with van der Waals surface area (Å²) in [4.78, 5) is 4.74. The molecule has 3 nitrogen and oxygen atoms in total. The molecule has 0 saturated carbocycles. The van der Waals surface area contributed by atoms with Gasteiger partial charge in [0, 0.05) is 33.8 Å². The summed E-state index contributed by atoms with van der Waals surface area (Å²) in [6.07, 6.45) is 0. The molecule has 53 heavy (non-hydrogen) atoms. The molecule has 0 amide bonds. The lowest BCUT2D eigenvalue weighted by atomic mass is 9.92. The maximum Gasteiger partial charge on any atom is 0.137 e. The lowest BCUT2D eigenvalue weighted by molar-refractivity contribution is 0.669. The monoisotopic (exact) mass is 678 g/mol. The van der Waals surface area contributed by atoms with Gasteiger partial charge in [0.15, 0.2) is 0 Å². The molecule has 0 aliphatic rings. The molecule has 10 aromatic rings. The number of benzene rings is 9. The van der Waals surface area contributed by atoms with Crippen molar-refractivity contribution in [3.8, 4) is 11.1 Å². The highest BCUT2D eigenvalue weighted by atomic mass is 16.3. The van der Waals surface area contributed by atoms with Gasteiger partial charge in [-0.25, -0.2) is 0 Å². The van der Waals surface area contributed by atoms with Crippen LogP contribution in [0.15, 0.2) is 211 Å². The van der Waals surface area contributed by atoms with Gasteiger partial charge in [0.2, 0.25) is 0 Å². The number of para-hydroxylation sites is 4. The van der Waals surface area contributed by atoms with Crippen LogP contribution in [-0.4, -0.2) is 0 Å². The minimum atomic E-state index is 0.858. The zero-order valence-electron chi connectivity index (χ0n) is 28.9. The molecular weight excluding hydrogens is 645 g/mol. The Morgan fingerprint density at radius 3 is 1.51 bits per heavy atom. The van der Waals surface area contributed by atoms with Gasteiger partial charge in [-0.1, -0.05) is 127 Å². The standard InChI is InChI=1S/C50H34N2O/c1-4-18-37(19-5-1)51(38-20-6-2-7-21-38)40-31-36(46-33-35-17-10-11-24-42(35)43-25-12-13-26-44(43)46)32-41(34-40)52(39-22-8-3-9-23-39)47-28-16-30-49-50(47)45-27-14-15-29-48(45)53-49/h1-34H. The van der Waals surface area contributed by atoms with Gasteiger partial charge in [-0.15, -0.1) is 0 Å². The van der Waals surface area contributed by atoms with Crippen molar-refractivity contribution < 1.29 is 4.42 Å². The second kappa shape index (κ2) is 12.9. The maximum absolute atomic E-state index is 6.44. The number of nitrogens with zero attached hydrogens (tertiary/aromatic N) is 2. The minimum Gasteiger partial charge on any atom is -0.456 e. The van der Waals surface area contributed by atoms with E-state index in [1.165, 1.54) is 27.1 Å². The smallest absolute Gasteiger partial charge is 0.137 e. The predicted molar refractivity (Wildman–Crippen MR) is 224 cm³/mol. The van der Waals surface area contributed by atoms with Crippen LogP contribution in [-0.2, 0) is 0 Å². The Bertz CT molecular complexity index is 2860. The highest BCUT2D eigenvalue weighted by Gasteiger charge is 2.23. The van der Waals surface area contributed by atoms with Gasteiger partial charge in [-0.2, -0.15) is 0 Å². The summed E-state index contributed by atoms with van der Waals surface area (Å²) < 4.78 is 6.44. The van der Waals surface area contributed by atoms with Gasteiger partial charge in [0.1, 0.15) is 11.2 Å². The number of furan rings is 1. The Morgan fingerprint density at radius 1 is 0.321 bits per heavy atom. The maximum atomic E-state index is 6.44. The molecule has 0 fully saturated rings. The van der Waals surface area contributed by atoms with Gasteiger partial charge in [-0.3, -0.25) is 0 Å². The topological polar surface area (TPSA) is 19.6 Å². The summed E-state index contributed by atoms with van der Waals surface area (Å²) in [5.74, 6) is 0. The van der Waals surface area contributed by atoms with Crippen LogP contribution in [0.4, 0.5) is 34.1 Å². The predicted octanol–water partition coefficient (Wildman–Crippen LogP) is 14.5. The molecule has 9 aromatic carbocycles. The summed E-state index contributed by atoms with van der Waals surface area (Å²) in [6, 6.07) is 73.5. The summed E-state index contributed by atoms with van der Waals surface area (Å²) in [5, 5.41) is 7.09. The fourth-order valence-electron chi connectivity index (χ4n) is 7.85. The van der Waals surface area contributed by atoms with E-state index in [1.807, 2.05) is 12.1 Å². The van der Waals surface area contributed by atoms with E-state index in [-0.39, 0.29) is 0 Å². The number of fused-ring (bicyclic) bond motifs is 6. The zero-order chi connectivity index (χ0) is 35.1. The Morgan fingerprint density at radius 2 is 0.830 bits per heavy atom. The molecule has 10 rings (SSSR count). The second-order valence-electron chi connectivity index (χ2n) is 13.4. The minimum absolute atomic E-state index is 0.858. The molecule has 0 saturated heterocycles.